The lowest BCUT2D eigenvalue weighted by Crippen LogP contribution is -2.53. The maximum atomic E-state index is 14.1. The molecule has 0 amide bonds. The number of nitrogens with zero attached hydrogens (tertiary/aromatic N) is 2. The van der Waals surface area contributed by atoms with Crippen LogP contribution in [-0.4, -0.2) is 38.3 Å². The molecule has 2 aliphatic heterocycles. The number of carbonyl (C=O) groups is 1. The molecular weight excluding hydrogens is 400 g/mol. The molecule has 0 radical (unpaired) electrons. The molecule has 0 atom stereocenters. The maximum Gasteiger partial charge on any atom is 0.573 e. The van der Waals surface area contributed by atoms with Crippen molar-refractivity contribution in [1.29, 1.82) is 0 Å². The number of para-hydroxylation sites is 1. The summed E-state index contributed by atoms with van der Waals surface area (Å²) in [7, 11) is 0. The SMILES string of the molecule is O=C1CN(c2ccc(OC(F)(F)F)cc2)CCC12CCN(c1ccccc1F)CC2. The summed E-state index contributed by atoms with van der Waals surface area (Å²) in [6, 6.07) is 12.2. The molecule has 4 nitrogen and oxygen atoms in total. The van der Waals surface area contributed by atoms with E-state index in [1.54, 1.807) is 18.2 Å². The van der Waals surface area contributed by atoms with E-state index in [4.69, 9.17) is 0 Å². The summed E-state index contributed by atoms with van der Waals surface area (Å²) >= 11 is 0. The molecule has 0 unspecified atom stereocenters. The van der Waals surface area contributed by atoms with Gasteiger partial charge in [0.05, 0.1) is 12.2 Å². The van der Waals surface area contributed by atoms with Crippen LogP contribution in [0.3, 0.4) is 0 Å². The number of piperidine rings is 2. The summed E-state index contributed by atoms with van der Waals surface area (Å²) in [6.45, 7) is 2.11. The zero-order valence-corrected chi connectivity index (χ0v) is 16.3. The van der Waals surface area contributed by atoms with Gasteiger partial charge < -0.3 is 14.5 Å². The molecule has 1 spiro atoms. The van der Waals surface area contributed by atoms with Gasteiger partial charge in [-0.2, -0.15) is 0 Å². The standard InChI is InChI=1S/C22H22F4N2O2/c23-18-3-1-2-4-19(18)27-12-9-21(10-13-27)11-14-28(15-20(21)29)16-5-7-17(8-6-16)30-22(24,25)26/h1-8H,9-15H2. The second-order valence-electron chi connectivity index (χ2n) is 7.86. The summed E-state index contributed by atoms with van der Waals surface area (Å²) in [5.41, 5.74) is 0.854. The summed E-state index contributed by atoms with van der Waals surface area (Å²) in [4.78, 5) is 16.9. The fourth-order valence-corrected chi connectivity index (χ4v) is 4.40. The van der Waals surface area contributed by atoms with E-state index in [1.165, 1.54) is 30.3 Å². The Bertz CT molecular complexity index is 906. The molecule has 2 saturated heterocycles. The smallest absolute Gasteiger partial charge is 0.406 e. The van der Waals surface area contributed by atoms with E-state index in [1.807, 2.05) is 9.80 Å². The predicted octanol–water partition coefficient (Wildman–Crippen LogP) is 4.79. The Morgan fingerprint density at radius 2 is 1.47 bits per heavy atom. The highest BCUT2D eigenvalue weighted by Crippen LogP contribution is 2.41. The van der Waals surface area contributed by atoms with Crippen molar-refractivity contribution in [3.05, 3.63) is 54.3 Å². The van der Waals surface area contributed by atoms with Crippen molar-refractivity contribution in [1.82, 2.24) is 0 Å². The molecule has 0 aliphatic carbocycles. The largest absolute Gasteiger partial charge is 0.573 e. The lowest BCUT2D eigenvalue weighted by molar-refractivity contribution is -0.274. The van der Waals surface area contributed by atoms with Crippen LogP contribution >= 0.6 is 0 Å². The van der Waals surface area contributed by atoms with Crippen LogP contribution < -0.4 is 14.5 Å². The number of alkyl halides is 3. The Morgan fingerprint density at radius 3 is 2.07 bits per heavy atom. The molecule has 0 aromatic heterocycles. The van der Waals surface area contributed by atoms with Gasteiger partial charge in [-0.05, 0) is 55.7 Å². The third-order valence-electron chi connectivity index (χ3n) is 6.14. The molecule has 2 aromatic carbocycles. The summed E-state index contributed by atoms with van der Waals surface area (Å²) in [6.07, 6.45) is -2.71. The zero-order chi connectivity index (χ0) is 21.4. The lowest BCUT2D eigenvalue weighted by Gasteiger charge is -2.46. The van der Waals surface area contributed by atoms with Gasteiger partial charge in [-0.15, -0.1) is 13.2 Å². The topological polar surface area (TPSA) is 32.8 Å². The minimum absolute atomic E-state index is 0.137. The first kappa shape index (κ1) is 20.5. The Hall–Kier alpha value is -2.77. The molecule has 4 rings (SSSR count). The predicted molar refractivity (Wildman–Crippen MR) is 105 cm³/mol. The Morgan fingerprint density at radius 1 is 0.867 bits per heavy atom. The second kappa shape index (κ2) is 7.81. The van der Waals surface area contributed by atoms with Crippen molar-refractivity contribution in [3.8, 4) is 5.75 Å². The van der Waals surface area contributed by atoms with Crippen LogP contribution in [0.25, 0.3) is 0 Å². The molecule has 2 aliphatic rings. The normalized spacial score (nSPS) is 19.3. The maximum absolute atomic E-state index is 14.1. The third-order valence-corrected chi connectivity index (χ3v) is 6.14. The number of carbonyl (C=O) groups excluding carboxylic acids is 1. The number of Topliss-reactive ketones (excluding diaryl/α,β-unsaturated/α-hetero) is 1. The molecule has 2 aromatic rings. The van der Waals surface area contributed by atoms with Crippen molar-refractivity contribution in [2.24, 2.45) is 5.41 Å². The number of benzene rings is 2. The number of hydrogen-bond acceptors (Lipinski definition) is 4. The lowest BCUT2D eigenvalue weighted by atomic mass is 9.70. The zero-order valence-electron chi connectivity index (χ0n) is 16.3. The van der Waals surface area contributed by atoms with Gasteiger partial charge in [0.2, 0.25) is 0 Å². The number of hydrogen-bond donors (Lipinski definition) is 0. The van der Waals surface area contributed by atoms with Crippen LogP contribution in [0.1, 0.15) is 19.3 Å². The van der Waals surface area contributed by atoms with Crippen LogP contribution in [0, 0.1) is 11.2 Å². The highest BCUT2D eigenvalue weighted by Gasteiger charge is 2.44. The summed E-state index contributed by atoms with van der Waals surface area (Å²) in [5, 5.41) is 0. The van der Waals surface area contributed by atoms with Gasteiger partial charge in [-0.1, -0.05) is 12.1 Å². The molecule has 160 valence electrons. The summed E-state index contributed by atoms with van der Waals surface area (Å²) in [5.74, 6) is -0.406. The third kappa shape index (κ3) is 4.22. The number of ketones is 1. The van der Waals surface area contributed by atoms with Gasteiger partial charge in [0.25, 0.3) is 0 Å². The highest BCUT2D eigenvalue weighted by atomic mass is 19.4. The van der Waals surface area contributed by atoms with Crippen molar-refractivity contribution < 1.29 is 27.1 Å². The van der Waals surface area contributed by atoms with E-state index >= 15 is 0 Å². The minimum Gasteiger partial charge on any atom is -0.406 e. The van der Waals surface area contributed by atoms with Crippen LogP contribution in [0.15, 0.2) is 48.5 Å². The molecule has 0 bridgehead atoms. The monoisotopic (exact) mass is 422 g/mol. The van der Waals surface area contributed by atoms with Crippen LogP contribution in [0.5, 0.6) is 5.75 Å². The number of halogens is 4. The average molecular weight is 422 g/mol. The molecule has 30 heavy (non-hydrogen) atoms. The molecule has 8 heteroatoms. The second-order valence-corrected chi connectivity index (χ2v) is 7.86. The van der Waals surface area contributed by atoms with E-state index in [0.717, 1.165) is 0 Å². The van der Waals surface area contributed by atoms with Crippen LogP contribution in [0.2, 0.25) is 0 Å². The molecular formula is C22H22F4N2O2. The first-order valence-electron chi connectivity index (χ1n) is 9.89. The van der Waals surface area contributed by atoms with Crippen molar-refractivity contribution >= 4 is 17.2 Å². The fourth-order valence-electron chi connectivity index (χ4n) is 4.40. The Kier molecular flexibility index (Phi) is 5.34. The number of ether oxygens (including phenoxy) is 1. The minimum atomic E-state index is -4.73. The number of anilines is 2. The van der Waals surface area contributed by atoms with Gasteiger partial charge in [0.15, 0.2) is 5.78 Å². The Balaban J connectivity index is 1.38. The van der Waals surface area contributed by atoms with E-state index in [9.17, 15) is 22.4 Å². The van der Waals surface area contributed by atoms with Crippen LogP contribution in [-0.2, 0) is 4.79 Å². The van der Waals surface area contributed by atoms with Gasteiger partial charge in [0.1, 0.15) is 11.6 Å². The Labute approximate surface area is 172 Å². The van der Waals surface area contributed by atoms with Crippen molar-refractivity contribution in [2.75, 3.05) is 36.0 Å². The average Bonchev–Trinajstić information content (AvgIpc) is 2.71. The van der Waals surface area contributed by atoms with E-state index < -0.39 is 11.8 Å². The first-order valence-corrected chi connectivity index (χ1v) is 9.89. The van der Waals surface area contributed by atoms with E-state index in [0.29, 0.717) is 50.3 Å². The van der Waals surface area contributed by atoms with Gasteiger partial charge in [-0.3, -0.25) is 4.79 Å². The molecule has 2 fully saturated rings. The number of rotatable bonds is 3. The molecule has 0 saturated carbocycles. The quantitative estimate of drug-likeness (QED) is 0.666. The van der Waals surface area contributed by atoms with Gasteiger partial charge >= 0.3 is 6.36 Å². The van der Waals surface area contributed by atoms with Gasteiger partial charge in [-0.25, -0.2) is 4.39 Å². The molecule has 2 heterocycles. The summed E-state index contributed by atoms with van der Waals surface area (Å²) < 4.78 is 54.9. The molecule has 0 N–H and O–H groups in total. The van der Waals surface area contributed by atoms with Crippen LogP contribution in [0.4, 0.5) is 28.9 Å². The van der Waals surface area contributed by atoms with E-state index in [-0.39, 0.29) is 23.9 Å². The first-order chi connectivity index (χ1) is 14.3. The van der Waals surface area contributed by atoms with E-state index in [2.05, 4.69) is 4.74 Å². The van der Waals surface area contributed by atoms with Crippen molar-refractivity contribution in [2.45, 2.75) is 25.6 Å². The fraction of sp³-hybridized carbons (Fsp3) is 0.409. The van der Waals surface area contributed by atoms with Crippen molar-refractivity contribution in [3.63, 3.8) is 0 Å². The van der Waals surface area contributed by atoms with Gasteiger partial charge in [0, 0.05) is 30.7 Å². The highest BCUT2D eigenvalue weighted by molar-refractivity contribution is 5.90.